The molecule has 1 saturated heterocycles. The van der Waals surface area contributed by atoms with Gasteiger partial charge in [-0.1, -0.05) is 25.4 Å². The average Bonchev–Trinajstić information content (AvgIpc) is 2.88. The van der Waals surface area contributed by atoms with Crippen LogP contribution in [-0.2, 0) is 10.0 Å². The summed E-state index contributed by atoms with van der Waals surface area (Å²) in [6.07, 6.45) is 2.59. The number of hydrogen-bond donors (Lipinski definition) is 1. The fourth-order valence-corrected chi connectivity index (χ4v) is 4.80. The molecule has 7 heteroatoms. The molecular formula is C14H20ClFN2O2S. The van der Waals surface area contributed by atoms with E-state index in [-0.39, 0.29) is 16.1 Å². The van der Waals surface area contributed by atoms with Crippen molar-refractivity contribution in [1.29, 1.82) is 0 Å². The number of benzene rings is 1. The highest BCUT2D eigenvalue weighted by molar-refractivity contribution is 7.89. The summed E-state index contributed by atoms with van der Waals surface area (Å²) in [7, 11) is -3.91. The van der Waals surface area contributed by atoms with Gasteiger partial charge in [0.1, 0.15) is 4.90 Å². The number of sulfonamides is 1. The maximum absolute atomic E-state index is 14.1. The number of halogens is 2. The van der Waals surface area contributed by atoms with Crippen LogP contribution in [0.15, 0.2) is 17.0 Å². The van der Waals surface area contributed by atoms with E-state index in [2.05, 4.69) is 13.8 Å². The maximum atomic E-state index is 14.1. The van der Waals surface area contributed by atoms with Crippen LogP contribution in [0.25, 0.3) is 0 Å². The number of rotatable bonds is 4. The van der Waals surface area contributed by atoms with Crippen LogP contribution >= 0.6 is 11.6 Å². The highest BCUT2D eigenvalue weighted by Crippen LogP contribution is 2.40. The zero-order valence-corrected chi connectivity index (χ0v) is 13.8. The van der Waals surface area contributed by atoms with Crippen LogP contribution in [-0.4, -0.2) is 25.8 Å². The molecule has 21 heavy (non-hydrogen) atoms. The van der Waals surface area contributed by atoms with E-state index in [1.54, 1.807) is 0 Å². The molecule has 0 radical (unpaired) electrons. The lowest BCUT2D eigenvalue weighted by molar-refractivity contribution is 0.279. The molecule has 0 bridgehead atoms. The van der Waals surface area contributed by atoms with Crippen LogP contribution in [0.5, 0.6) is 0 Å². The summed E-state index contributed by atoms with van der Waals surface area (Å²) in [5.41, 5.74) is 5.71. The first-order valence-electron chi connectivity index (χ1n) is 7.00. The molecule has 1 fully saturated rings. The van der Waals surface area contributed by atoms with Gasteiger partial charge in [-0.05, 0) is 36.8 Å². The van der Waals surface area contributed by atoms with Crippen LogP contribution in [0.4, 0.5) is 10.1 Å². The predicted octanol–water partition coefficient (Wildman–Crippen LogP) is 3.26. The first-order valence-corrected chi connectivity index (χ1v) is 8.82. The smallest absolute Gasteiger partial charge is 0.246 e. The van der Waals surface area contributed by atoms with Crippen molar-refractivity contribution in [1.82, 2.24) is 4.31 Å². The lowest BCUT2D eigenvalue weighted by atomic mass is 9.82. The fourth-order valence-electron chi connectivity index (χ4n) is 2.84. The molecule has 0 atom stereocenters. The van der Waals surface area contributed by atoms with E-state index >= 15 is 0 Å². The van der Waals surface area contributed by atoms with E-state index in [0.717, 1.165) is 25.3 Å². The minimum Gasteiger partial charge on any atom is -0.399 e. The van der Waals surface area contributed by atoms with Gasteiger partial charge in [0.25, 0.3) is 0 Å². The van der Waals surface area contributed by atoms with E-state index in [9.17, 15) is 12.8 Å². The molecule has 0 unspecified atom stereocenters. The summed E-state index contributed by atoms with van der Waals surface area (Å²) in [6.45, 7) is 4.92. The number of nitrogens with two attached hydrogens (primary N) is 1. The largest absolute Gasteiger partial charge is 0.399 e. The quantitative estimate of drug-likeness (QED) is 0.859. The zero-order valence-electron chi connectivity index (χ0n) is 12.2. The van der Waals surface area contributed by atoms with Gasteiger partial charge in [0, 0.05) is 18.8 Å². The summed E-state index contributed by atoms with van der Waals surface area (Å²) in [5, 5.41) is -0.273. The van der Waals surface area contributed by atoms with E-state index in [1.165, 1.54) is 10.4 Å². The average molecular weight is 335 g/mol. The number of nitrogens with zero attached hydrogens (tertiary/aromatic N) is 1. The third-order valence-corrected chi connectivity index (χ3v) is 6.66. The van der Waals surface area contributed by atoms with Crippen LogP contribution in [0, 0.1) is 11.2 Å². The molecule has 118 valence electrons. The van der Waals surface area contributed by atoms with Crippen molar-refractivity contribution in [2.75, 3.05) is 18.8 Å². The lowest BCUT2D eigenvalue weighted by Crippen LogP contribution is -2.32. The second-order valence-electron chi connectivity index (χ2n) is 5.61. The second kappa shape index (κ2) is 5.74. The Hall–Kier alpha value is -0.850. The molecule has 1 aliphatic heterocycles. The van der Waals surface area contributed by atoms with E-state index in [1.807, 2.05) is 0 Å². The summed E-state index contributed by atoms with van der Waals surface area (Å²) < 4.78 is 40.7. The molecular weight excluding hydrogens is 315 g/mol. The standard InChI is InChI=1S/C14H20ClFN2O2S/c1-3-14(4-2)5-6-18(9-14)21(19,20)12-8-10(17)7-11(15)13(12)16/h7-8H,3-6,9,17H2,1-2H3. The summed E-state index contributed by atoms with van der Waals surface area (Å²) in [6, 6.07) is 2.34. The van der Waals surface area contributed by atoms with Crippen LogP contribution < -0.4 is 5.73 Å². The van der Waals surface area contributed by atoms with Gasteiger partial charge in [0.15, 0.2) is 5.82 Å². The Labute approximate surface area is 130 Å². The topological polar surface area (TPSA) is 63.4 Å². The zero-order chi connectivity index (χ0) is 15.8. The third-order valence-electron chi connectivity index (χ3n) is 4.54. The second-order valence-corrected chi connectivity index (χ2v) is 7.92. The van der Waals surface area contributed by atoms with Crippen molar-refractivity contribution in [2.45, 2.75) is 38.0 Å². The molecule has 0 aromatic heterocycles. The van der Waals surface area contributed by atoms with E-state index in [0.29, 0.717) is 13.1 Å². The minimum atomic E-state index is -3.91. The highest BCUT2D eigenvalue weighted by atomic mass is 35.5. The Morgan fingerprint density at radius 3 is 2.52 bits per heavy atom. The SMILES string of the molecule is CCC1(CC)CCN(S(=O)(=O)c2cc(N)cc(Cl)c2F)C1. The van der Waals surface area contributed by atoms with Gasteiger partial charge < -0.3 is 5.73 Å². The van der Waals surface area contributed by atoms with Crippen LogP contribution in [0.3, 0.4) is 0 Å². The molecule has 1 aromatic rings. The number of nitrogen functional groups attached to an aromatic ring is 1. The monoisotopic (exact) mass is 334 g/mol. The number of hydrogen-bond acceptors (Lipinski definition) is 3. The Kier molecular flexibility index (Phi) is 4.52. The van der Waals surface area contributed by atoms with Crippen molar-refractivity contribution in [3.05, 3.63) is 23.0 Å². The summed E-state index contributed by atoms with van der Waals surface area (Å²) in [5.74, 6) is -0.934. The highest BCUT2D eigenvalue weighted by Gasteiger charge is 2.41. The van der Waals surface area contributed by atoms with Gasteiger partial charge >= 0.3 is 0 Å². The Morgan fingerprint density at radius 2 is 2.00 bits per heavy atom. The molecule has 1 aliphatic rings. The first-order chi connectivity index (χ1) is 9.75. The molecule has 2 rings (SSSR count). The van der Waals surface area contributed by atoms with E-state index in [4.69, 9.17) is 17.3 Å². The normalized spacial score (nSPS) is 19.0. The van der Waals surface area contributed by atoms with Crippen molar-refractivity contribution >= 4 is 27.3 Å². The molecule has 0 amide bonds. The third kappa shape index (κ3) is 2.89. The molecule has 1 heterocycles. The fraction of sp³-hybridized carbons (Fsp3) is 0.571. The van der Waals surface area contributed by atoms with Crippen LogP contribution in [0.1, 0.15) is 33.1 Å². The van der Waals surface area contributed by atoms with Crippen molar-refractivity contribution < 1.29 is 12.8 Å². The maximum Gasteiger partial charge on any atom is 0.246 e. The Bertz CT molecular complexity index is 645. The van der Waals surface area contributed by atoms with Gasteiger partial charge in [-0.25, -0.2) is 12.8 Å². The predicted molar refractivity (Wildman–Crippen MR) is 82.2 cm³/mol. The minimum absolute atomic E-state index is 0.0202. The van der Waals surface area contributed by atoms with Gasteiger partial charge in [-0.3, -0.25) is 0 Å². The molecule has 0 saturated carbocycles. The summed E-state index contributed by atoms with van der Waals surface area (Å²) >= 11 is 5.70. The molecule has 4 nitrogen and oxygen atoms in total. The van der Waals surface area contributed by atoms with Crippen molar-refractivity contribution in [3.8, 4) is 0 Å². The Balaban J connectivity index is 2.41. The van der Waals surface area contributed by atoms with Crippen LogP contribution in [0.2, 0.25) is 5.02 Å². The number of anilines is 1. The molecule has 1 aromatic carbocycles. The molecule has 0 spiro atoms. The van der Waals surface area contributed by atoms with Crippen molar-refractivity contribution in [3.63, 3.8) is 0 Å². The van der Waals surface area contributed by atoms with Gasteiger partial charge in [-0.2, -0.15) is 4.31 Å². The van der Waals surface area contributed by atoms with E-state index < -0.39 is 20.7 Å². The molecule has 0 aliphatic carbocycles. The van der Waals surface area contributed by atoms with Crippen molar-refractivity contribution in [2.24, 2.45) is 5.41 Å². The van der Waals surface area contributed by atoms with Gasteiger partial charge in [0.2, 0.25) is 10.0 Å². The van der Waals surface area contributed by atoms with Gasteiger partial charge in [0.05, 0.1) is 5.02 Å². The van der Waals surface area contributed by atoms with Gasteiger partial charge in [-0.15, -0.1) is 0 Å². The first kappa shape index (κ1) is 16.5. The Morgan fingerprint density at radius 1 is 1.38 bits per heavy atom. The molecule has 2 N–H and O–H groups in total. The summed E-state index contributed by atoms with van der Waals surface area (Å²) in [4.78, 5) is -0.435. The lowest BCUT2D eigenvalue weighted by Gasteiger charge is -2.26.